The fraction of sp³-hybridized carbons (Fsp3) is 0.409. The zero-order valence-corrected chi connectivity index (χ0v) is 16.5. The molecular weight excluding hydrogens is 340 g/mol. The van der Waals surface area contributed by atoms with E-state index in [9.17, 15) is 4.79 Å². The highest BCUT2D eigenvalue weighted by atomic mass is 16.5. The minimum atomic E-state index is -0.503. The van der Waals surface area contributed by atoms with Crippen molar-refractivity contribution >= 4 is 17.4 Å². The number of nitrogens with zero attached hydrogens (tertiary/aromatic N) is 2. The Hall–Kier alpha value is -2.69. The second-order valence-corrected chi connectivity index (χ2v) is 7.03. The third-order valence-corrected chi connectivity index (χ3v) is 4.73. The molecule has 0 amide bonds. The third kappa shape index (κ3) is 3.72. The van der Waals surface area contributed by atoms with Gasteiger partial charge in [-0.1, -0.05) is 24.3 Å². The van der Waals surface area contributed by atoms with Crippen LogP contribution in [0.4, 0.5) is 5.69 Å². The van der Waals surface area contributed by atoms with Crippen molar-refractivity contribution < 1.29 is 14.3 Å². The first-order valence-electron chi connectivity index (χ1n) is 9.36. The van der Waals surface area contributed by atoms with Crippen LogP contribution < -0.4 is 4.74 Å². The van der Waals surface area contributed by atoms with Crippen molar-refractivity contribution in [3.63, 3.8) is 0 Å². The molecule has 0 spiro atoms. The fourth-order valence-corrected chi connectivity index (χ4v) is 3.63. The standard InChI is InChI=1S/C22H26N2O3/c1-6-26-22(25)18-15(5)24-17-11-12-23-21(27-13(2)3)20(17)19(18)16-10-8-7-9-14(16)4/h7-13,18-19H,6H2,1-5H3. The maximum atomic E-state index is 12.9. The first-order chi connectivity index (χ1) is 12.9. The van der Waals surface area contributed by atoms with Gasteiger partial charge in [-0.25, -0.2) is 4.98 Å². The number of aromatic nitrogens is 1. The summed E-state index contributed by atoms with van der Waals surface area (Å²) >= 11 is 0. The fourth-order valence-electron chi connectivity index (χ4n) is 3.63. The van der Waals surface area contributed by atoms with Crippen molar-refractivity contribution in [2.45, 2.75) is 46.6 Å². The van der Waals surface area contributed by atoms with E-state index in [1.54, 1.807) is 6.20 Å². The first-order valence-corrected chi connectivity index (χ1v) is 9.36. The molecule has 5 nitrogen and oxygen atoms in total. The first kappa shape index (κ1) is 19.1. The largest absolute Gasteiger partial charge is 0.475 e. The van der Waals surface area contributed by atoms with Crippen LogP contribution in [0.3, 0.4) is 0 Å². The molecule has 0 aliphatic carbocycles. The van der Waals surface area contributed by atoms with Gasteiger partial charge in [-0.05, 0) is 51.8 Å². The number of rotatable bonds is 5. The lowest BCUT2D eigenvalue weighted by Gasteiger charge is -2.33. The van der Waals surface area contributed by atoms with Crippen molar-refractivity contribution in [1.29, 1.82) is 0 Å². The number of carbonyl (C=O) groups excluding carboxylic acids is 1. The summed E-state index contributed by atoms with van der Waals surface area (Å²) in [5.41, 5.74) is 4.57. The molecule has 2 unspecified atom stereocenters. The van der Waals surface area contributed by atoms with Crippen LogP contribution in [-0.2, 0) is 9.53 Å². The van der Waals surface area contributed by atoms with Crippen molar-refractivity contribution in [1.82, 2.24) is 4.98 Å². The Kier molecular flexibility index (Phi) is 5.59. The molecule has 0 saturated heterocycles. The van der Waals surface area contributed by atoms with E-state index < -0.39 is 5.92 Å². The van der Waals surface area contributed by atoms with E-state index in [-0.39, 0.29) is 18.0 Å². The van der Waals surface area contributed by atoms with Crippen molar-refractivity contribution in [2.75, 3.05) is 6.61 Å². The Morgan fingerprint density at radius 2 is 1.93 bits per heavy atom. The molecule has 0 N–H and O–H groups in total. The smallest absolute Gasteiger partial charge is 0.315 e. The van der Waals surface area contributed by atoms with Crippen LogP contribution in [0.5, 0.6) is 5.88 Å². The molecule has 1 aliphatic rings. The number of aryl methyl sites for hydroxylation is 1. The third-order valence-electron chi connectivity index (χ3n) is 4.73. The Morgan fingerprint density at radius 1 is 1.19 bits per heavy atom. The van der Waals surface area contributed by atoms with Crippen LogP contribution in [-0.4, -0.2) is 29.4 Å². The zero-order valence-electron chi connectivity index (χ0n) is 16.5. The molecule has 2 atom stereocenters. The van der Waals surface area contributed by atoms with E-state index in [2.05, 4.69) is 24.0 Å². The van der Waals surface area contributed by atoms with Crippen LogP contribution in [0.2, 0.25) is 0 Å². The molecule has 1 aromatic carbocycles. The summed E-state index contributed by atoms with van der Waals surface area (Å²) in [6, 6.07) is 9.97. The highest BCUT2D eigenvalue weighted by Gasteiger charge is 2.41. The Morgan fingerprint density at radius 3 is 2.59 bits per heavy atom. The molecule has 0 fully saturated rings. The highest BCUT2D eigenvalue weighted by Crippen LogP contribution is 2.47. The number of esters is 1. The minimum absolute atomic E-state index is 0.0328. The molecule has 1 aliphatic heterocycles. The summed E-state index contributed by atoms with van der Waals surface area (Å²) in [4.78, 5) is 22.0. The predicted molar refractivity (Wildman–Crippen MR) is 106 cm³/mol. The van der Waals surface area contributed by atoms with Gasteiger partial charge in [0.15, 0.2) is 0 Å². The van der Waals surface area contributed by atoms with Crippen LogP contribution >= 0.6 is 0 Å². The summed E-state index contributed by atoms with van der Waals surface area (Å²) in [6.45, 7) is 10.0. The lowest BCUT2D eigenvalue weighted by molar-refractivity contribution is -0.146. The SMILES string of the molecule is CCOC(=O)C1C(C)=Nc2ccnc(OC(C)C)c2C1c1ccccc1C. The van der Waals surface area contributed by atoms with E-state index >= 15 is 0 Å². The van der Waals surface area contributed by atoms with Crippen LogP contribution in [0.25, 0.3) is 0 Å². The number of hydrogen-bond donors (Lipinski definition) is 0. The summed E-state index contributed by atoms with van der Waals surface area (Å²) in [5.74, 6) is -0.490. The van der Waals surface area contributed by atoms with Gasteiger partial charge in [0.05, 0.1) is 18.4 Å². The predicted octanol–water partition coefficient (Wildman–Crippen LogP) is 4.59. The Bertz CT molecular complexity index is 874. The molecule has 2 aromatic rings. The molecule has 1 aromatic heterocycles. The second-order valence-electron chi connectivity index (χ2n) is 7.03. The van der Waals surface area contributed by atoms with Gasteiger partial charge in [0.2, 0.25) is 5.88 Å². The monoisotopic (exact) mass is 366 g/mol. The molecule has 27 heavy (non-hydrogen) atoms. The summed E-state index contributed by atoms with van der Waals surface area (Å²) in [7, 11) is 0. The van der Waals surface area contributed by atoms with E-state index in [1.807, 2.05) is 45.9 Å². The molecule has 2 heterocycles. The number of benzene rings is 1. The minimum Gasteiger partial charge on any atom is -0.475 e. The quantitative estimate of drug-likeness (QED) is 0.726. The van der Waals surface area contributed by atoms with Crippen molar-refractivity contribution in [2.24, 2.45) is 10.9 Å². The van der Waals surface area contributed by atoms with Crippen molar-refractivity contribution in [3.8, 4) is 5.88 Å². The van der Waals surface area contributed by atoms with Crippen molar-refractivity contribution in [3.05, 3.63) is 53.2 Å². The highest BCUT2D eigenvalue weighted by molar-refractivity contribution is 6.05. The summed E-state index contributed by atoms with van der Waals surface area (Å²) in [6.07, 6.45) is 1.67. The number of aliphatic imine (C=N–C) groups is 1. The Balaban J connectivity index is 2.25. The van der Waals surface area contributed by atoms with Crippen LogP contribution in [0.15, 0.2) is 41.5 Å². The second kappa shape index (κ2) is 7.91. The molecule has 0 saturated carbocycles. The van der Waals surface area contributed by atoms with Gasteiger partial charge in [0, 0.05) is 23.4 Å². The molecular formula is C22H26N2O3. The molecule has 3 rings (SSSR count). The summed E-state index contributed by atoms with van der Waals surface area (Å²) in [5, 5.41) is 0. The number of carbonyl (C=O) groups is 1. The van der Waals surface area contributed by atoms with Crippen LogP contribution in [0.1, 0.15) is 50.3 Å². The van der Waals surface area contributed by atoms with Gasteiger partial charge in [-0.2, -0.15) is 0 Å². The van der Waals surface area contributed by atoms with Gasteiger partial charge in [0.25, 0.3) is 0 Å². The average Bonchev–Trinajstić information content (AvgIpc) is 2.61. The van der Waals surface area contributed by atoms with Gasteiger partial charge >= 0.3 is 5.97 Å². The van der Waals surface area contributed by atoms with E-state index in [4.69, 9.17) is 14.5 Å². The normalized spacial score (nSPS) is 18.7. The topological polar surface area (TPSA) is 60.8 Å². The molecule has 0 radical (unpaired) electrons. The van der Waals surface area contributed by atoms with Gasteiger partial charge < -0.3 is 9.47 Å². The lowest BCUT2D eigenvalue weighted by atomic mass is 9.75. The van der Waals surface area contributed by atoms with Gasteiger partial charge in [-0.3, -0.25) is 9.79 Å². The van der Waals surface area contributed by atoms with E-state index in [0.717, 1.165) is 28.1 Å². The summed E-state index contributed by atoms with van der Waals surface area (Å²) < 4.78 is 11.4. The number of pyridine rings is 1. The van der Waals surface area contributed by atoms with E-state index in [0.29, 0.717) is 12.5 Å². The number of ether oxygens (including phenoxy) is 2. The molecule has 5 heteroatoms. The molecule has 0 bridgehead atoms. The van der Waals surface area contributed by atoms with Crippen LogP contribution in [0, 0.1) is 12.8 Å². The van der Waals surface area contributed by atoms with E-state index in [1.165, 1.54) is 0 Å². The van der Waals surface area contributed by atoms with Gasteiger partial charge in [-0.15, -0.1) is 0 Å². The lowest BCUT2D eigenvalue weighted by Crippen LogP contribution is -2.34. The number of fused-ring (bicyclic) bond motifs is 1. The average molecular weight is 366 g/mol. The zero-order chi connectivity index (χ0) is 19.6. The maximum Gasteiger partial charge on any atom is 0.315 e. The molecule has 142 valence electrons. The Labute approximate surface area is 160 Å². The number of hydrogen-bond acceptors (Lipinski definition) is 5. The maximum absolute atomic E-state index is 12.9. The van der Waals surface area contributed by atoms with Gasteiger partial charge in [0.1, 0.15) is 5.92 Å².